The van der Waals surface area contributed by atoms with E-state index in [1.165, 1.54) is 18.2 Å². The quantitative estimate of drug-likeness (QED) is 0.444. The number of nitrogens with one attached hydrogen (secondary N) is 1. The molecule has 0 aliphatic carbocycles. The van der Waals surface area contributed by atoms with Gasteiger partial charge >= 0.3 is 12.1 Å². The zero-order chi connectivity index (χ0) is 18.5. The van der Waals surface area contributed by atoms with E-state index in [2.05, 4.69) is 0 Å². The highest BCUT2D eigenvalue weighted by molar-refractivity contribution is 6.02. The van der Waals surface area contributed by atoms with Crippen molar-refractivity contribution in [3.8, 4) is 0 Å². The van der Waals surface area contributed by atoms with E-state index < -0.39 is 23.6 Å². The highest BCUT2D eigenvalue weighted by Gasteiger charge is 2.38. The first-order valence-electron chi connectivity index (χ1n) is 7.73. The van der Waals surface area contributed by atoms with Crippen LogP contribution in [-0.4, -0.2) is 18.3 Å². The lowest BCUT2D eigenvalue weighted by atomic mass is 9.81. The van der Waals surface area contributed by atoms with E-state index in [0.717, 1.165) is 6.07 Å². The second-order valence-electron chi connectivity index (χ2n) is 5.53. The molecule has 0 bridgehead atoms. The number of benzene rings is 1. The van der Waals surface area contributed by atoms with Gasteiger partial charge in [-0.05, 0) is 38.8 Å². The van der Waals surface area contributed by atoms with Crippen molar-refractivity contribution in [3.05, 3.63) is 46.5 Å². The molecule has 132 valence electrons. The first-order chi connectivity index (χ1) is 11.1. The van der Waals surface area contributed by atoms with Crippen molar-refractivity contribution in [3.63, 3.8) is 0 Å². The summed E-state index contributed by atoms with van der Waals surface area (Å²) < 4.78 is 45.2. The number of carbonyl (C=O) groups is 1. The Morgan fingerprint density at radius 3 is 2.25 bits per heavy atom. The van der Waals surface area contributed by atoms with Crippen molar-refractivity contribution in [2.45, 2.75) is 46.2 Å². The lowest BCUT2D eigenvalue weighted by molar-refractivity contribution is -0.140. The first kappa shape index (κ1) is 19.9. The van der Waals surface area contributed by atoms with Crippen LogP contribution in [0.4, 0.5) is 13.2 Å². The SMILES string of the molecule is CCOC(=O)C(=C(C)C)C(C(=N)CC)c1ccccc1C(F)(F)F. The summed E-state index contributed by atoms with van der Waals surface area (Å²) in [5, 5.41) is 8.17. The average Bonchev–Trinajstić information content (AvgIpc) is 2.50. The molecule has 1 unspecified atom stereocenters. The summed E-state index contributed by atoms with van der Waals surface area (Å²) in [5.41, 5.74) is -0.262. The molecule has 0 fully saturated rings. The molecule has 1 aromatic rings. The van der Waals surface area contributed by atoms with Crippen LogP contribution in [0.5, 0.6) is 0 Å². The molecule has 0 saturated carbocycles. The fraction of sp³-hybridized carbons (Fsp3) is 0.444. The largest absolute Gasteiger partial charge is 0.463 e. The molecule has 1 atom stereocenters. The Hall–Kier alpha value is -2.11. The Morgan fingerprint density at radius 1 is 1.21 bits per heavy atom. The van der Waals surface area contributed by atoms with E-state index in [4.69, 9.17) is 10.1 Å². The van der Waals surface area contributed by atoms with Crippen LogP contribution in [0.1, 0.15) is 51.2 Å². The van der Waals surface area contributed by atoms with Gasteiger partial charge in [0.2, 0.25) is 0 Å². The van der Waals surface area contributed by atoms with Crippen LogP contribution in [0.3, 0.4) is 0 Å². The summed E-state index contributed by atoms with van der Waals surface area (Å²) in [5.74, 6) is -1.76. The normalized spacial score (nSPS) is 12.5. The number of allylic oxidation sites excluding steroid dienone is 1. The van der Waals surface area contributed by atoms with E-state index in [1.807, 2.05) is 0 Å². The first-order valence-corrected chi connectivity index (χ1v) is 7.73. The maximum Gasteiger partial charge on any atom is 0.416 e. The molecular formula is C18H22F3NO2. The minimum Gasteiger partial charge on any atom is -0.463 e. The maximum absolute atomic E-state index is 13.4. The molecule has 0 spiro atoms. The number of hydrogen-bond acceptors (Lipinski definition) is 3. The second kappa shape index (κ2) is 8.13. The zero-order valence-corrected chi connectivity index (χ0v) is 14.3. The molecule has 0 aliphatic heterocycles. The van der Waals surface area contributed by atoms with Crippen molar-refractivity contribution in [1.29, 1.82) is 5.41 Å². The van der Waals surface area contributed by atoms with Gasteiger partial charge in [0.15, 0.2) is 0 Å². The summed E-state index contributed by atoms with van der Waals surface area (Å²) in [7, 11) is 0. The lowest BCUT2D eigenvalue weighted by Crippen LogP contribution is -2.24. The van der Waals surface area contributed by atoms with Gasteiger partial charge in [-0.2, -0.15) is 13.2 Å². The number of rotatable bonds is 6. The Morgan fingerprint density at radius 2 is 1.79 bits per heavy atom. The standard InChI is InChI=1S/C18H22F3NO2/c1-5-14(22)16(15(11(3)4)17(23)24-6-2)12-9-7-8-10-13(12)18(19,20)21/h7-10,16,22H,5-6H2,1-4H3. The Labute approximate surface area is 140 Å². The summed E-state index contributed by atoms with van der Waals surface area (Å²) >= 11 is 0. The van der Waals surface area contributed by atoms with Gasteiger partial charge in [-0.1, -0.05) is 30.7 Å². The van der Waals surface area contributed by atoms with Crippen LogP contribution in [0, 0.1) is 5.41 Å². The number of halogens is 3. The van der Waals surface area contributed by atoms with E-state index >= 15 is 0 Å². The van der Waals surface area contributed by atoms with Crippen molar-refractivity contribution >= 4 is 11.7 Å². The number of carbonyl (C=O) groups excluding carboxylic acids is 1. The molecule has 3 nitrogen and oxygen atoms in total. The Balaban J connectivity index is 3.64. The van der Waals surface area contributed by atoms with Gasteiger partial charge in [0.25, 0.3) is 0 Å². The molecule has 0 aliphatic rings. The molecule has 1 aromatic carbocycles. The van der Waals surface area contributed by atoms with Crippen LogP contribution in [0.25, 0.3) is 0 Å². The van der Waals surface area contributed by atoms with Crippen molar-refractivity contribution < 1.29 is 22.7 Å². The molecule has 1 N–H and O–H groups in total. The number of hydrogen-bond donors (Lipinski definition) is 1. The summed E-state index contributed by atoms with van der Waals surface area (Å²) in [6.07, 6.45) is -4.34. The van der Waals surface area contributed by atoms with Gasteiger partial charge in [0.1, 0.15) is 0 Å². The van der Waals surface area contributed by atoms with Crippen LogP contribution >= 0.6 is 0 Å². The fourth-order valence-corrected chi connectivity index (χ4v) is 2.55. The predicted molar refractivity (Wildman–Crippen MR) is 87.2 cm³/mol. The molecule has 1 rings (SSSR count). The topological polar surface area (TPSA) is 50.2 Å². The third-order valence-corrected chi connectivity index (χ3v) is 3.63. The van der Waals surface area contributed by atoms with Crippen LogP contribution in [0.2, 0.25) is 0 Å². The smallest absolute Gasteiger partial charge is 0.416 e. The third kappa shape index (κ3) is 4.46. The summed E-state index contributed by atoms with van der Waals surface area (Å²) in [6.45, 7) is 6.70. The van der Waals surface area contributed by atoms with Crippen LogP contribution in [0.15, 0.2) is 35.4 Å². The molecule has 0 heterocycles. The molecule has 6 heteroatoms. The van der Waals surface area contributed by atoms with Crippen LogP contribution in [-0.2, 0) is 15.7 Å². The highest BCUT2D eigenvalue weighted by atomic mass is 19.4. The predicted octanol–water partition coefficient (Wildman–Crippen LogP) is 5.12. The summed E-state index contributed by atoms with van der Waals surface area (Å²) in [6, 6.07) is 5.07. The second-order valence-corrected chi connectivity index (χ2v) is 5.53. The minimum atomic E-state index is -4.57. The monoisotopic (exact) mass is 341 g/mol. The number of ether oxygens (including phenoxy) is 1. The third-order valence-electron chi connectivity index (χ3n) is 3.63. The van der Waals surface area contributed by atoms with Gasteiger partial charge in [-0.25, -0.2) is 4.79 Å². The zero-order valence-electron chi connectivity index (χ0n) is 14.3. The van der Waals surface area contributed by atoms with E-state index in [9.17, 15) is 18.0 Å². The van der Waals surface area contributed by atoms with Crippen molar-refractivity contribution in [2.24, 2.45) is 0 Å². The lowest BCUT2D eigenvalue weighted by Gasteiger charge is -2.25. The molecular weight excluding hydrogens is 319 g/mol. The van der Waals surface area contributed by atoms with Gasteiger partial charge in [0.05, 0.1) is 18.1 Å². The van der Waals surface area contributed by atoms with Crippen LogP contribution < -0.4 is 0 Å². The number of alkyl halides is 3. The number of esters is 1. The Kier molecular flexibility index (Phi) is 6.75. The fourth-order valence-electron chi connectivity index (χ4n) is 2.55. The molecule has 0 radical (unpaired) electrons. The van der Waals surface area contributed by atoms with Crippen molar-refractivity contribution in [1.82, 2.24) is 0 Å². The minimum absolute atomic E-state index is 0.0379. The van der Waals surface area contributed by atoms with E-state index in [0.29, 0.717) is 5.57 Å². The van der Waals surface area contributed by atoms with E-state index in [1.54, 1.807) is 27.7 Å². The molecule has 0 aromatic heterocycles. The van der Waals surface area contributed by atoms with Gasteiger partial charge in [0, 0.05) is 11.3 Å². The highest BCUT2D eigenvalue weighted by Crippen LogP contribution is 2.39. The summed E-state index contributed by atoms with van der Waals surface area (Å²) in [4.78, 5) is 12.3. The average molecular weight is 341 g/mol. The molecule has 0 amide bonds. The molecule has 0 saturated heterocycles. The Bertz CT molecular complexity index is 644. The van der Waals surface area contributed by atoms with Gasteiger partial charge in [-0.3, -0.25) is 0 Å². The van der Waals surface area contributed by atoms with Gasteiger partial charge < -0.3 is 10.1 Å². The maximum atomic E-state index is 13.4. The molecule has 24 heavy (non-hydrogen) atoms. The van der Waals surface area contributed by atoms with Gasteiger partial charge in [-0.15, -0.1) is 0 Å². The van der Waals surface area contributed by atoms with E-state index in [-0.39, 0.29) is 29.9 Å². The van der Waals surface area contributed by atoms with Crippen molar-refractivity contribution in [2.75, 3.05) is 6.61 Å².